The summed E-state index contributed by atoms with van der Waals surface area (Å²) >= 11 is 0. The van der Waals surface area contributed by atoms with Crippen molar-refractivity contribution in [3.63, 3.8) is 0 Å². The number of halogens is 1. The normalized spacial score (nSPS) is 22.1. The highest BCUT2D eigenvalue weighted by Gasteiger charge is 2.23. The predicted octanol–water partition coefficient (Wildman–Crippen LogP) is 2.62. The van der Waals surface area contributed by atoms with Gasteiger partial charge in [0.05, 0.1) is 24.4 Å². The molecule has 1 saturated heterocycles. The molecule has 0 amide bonds. The first-order valence-corrected chi connectivity index (χ1v) is 6.98. The van der Waals surface area contributed by atoms with E-state index in [-0.39, 0.29) is 18.5 Å². The molecule has 2 N–H and O–H groups in total. The summed E-state index contributed by atoms with van der Waals surface area (Å²) in [5.41, 5.74) is 1.11. The molecule has 106 valence electrons. The van der Waals surface area contributed by atoms with Crippen molar-refractivity contribution >= 4 is 5.69 Å². The lowest BCUT2D eigenvalue weighted by Gasteiger charge is -2.31. The van der Waals surface area contributed by atoms with Crippen molar-refractivity contribution in [1.82, 2.24) is 0 Å². The summed E-state index contributed by atoms with van der Waals surface area (Å²) in [5.74, 6) is -0.321. The standard InChI is InChI=1S/C15H22FNO2/c1-11(19)12-6-7-15(14(16)9-12)17-8-4-2-3-5-13(17)10-18/h6-7,9,11,13,18-19H,2-5,8,10H2,1H3/t11-,13?/m0/s1. The molecule has 1 aliphatic rings. The van der Waals surface area contributed by atoms with Gasteiger partial charge in [-0.25, -0.2) is 4.39 Å². The van der Waals surface area contributed by atoms with Crippen LogP contribution in [-0.4, -0.2) is 29.4 Å². The lowest BCUT2D eigenvalue weighted by atomic mass is 10.1. The van der Waals surface area contributed by atoms with E-state index >= 15 is 0 Å². The Labute approximate surface area is 113 Å². The fourth-order valence-electron chi connectivity index (χ4n) is 2.70. The van der Waals surface area contributed by atoms with Gasteiger partial charge < -0.3 is 15.1 Å². The van der Waals surface area contributed by atoms with Crippen LogP contribution in [0.15, 0.2) is 18.2 Å². The topological polar surface area (TPSA) is 43.7 Å². The minimum Gasteiger partial charge on any atom is -0.394 e. The molecule has 0 radical (unpaired) electrons. The molecule has 19 heavy (non-hydrogen) atoms. The fraction of sp³-hybridized carbons (Fsp3) is 0.600. The number of aliphatic hydroxyl groups excluding tert-OH is 2. The first kappa shape index (κ1) is 14.3. The lowest BCUT2D eigenvalue weighted by molar-refractivity contribution is 0.199. The summed E-state index contributed by atoms with van der Waals surface area (Å²) in [7, 11) is 0. The molecule has 1 fully saturated rings. The molecule has 0 aliphatic carbocycles. The molecule has 1 heterocycles. The minimum absolute atomic E-state index is 0.00519. The number of hydrogen-bond acceptors (Lipinski definition) is 3. The number of aliphatic hydroxyl groups is 2. The Balaban J connectivity index is 2.28. The van der Waals surface area contributed by atoms with Crippen LogP contribution in [0.1, 0.15) is 44.3 Å². The van der Waals surface area contributed by atoms with E-state index in [9.17, 15) is 14.6 Å². The van der Waals surface area contributed by atoms with Gasteiger partial charge in [-0.05, 0) is 37.5 Å². The van der Waals surface area contributed by atoms with Crippen molar-refractivity contribution in [3.05, 3.63) is 29.6 Å². The third kappa shape index (κ3) is 3.25. The van der Waals surface area contributed by atoms with Crippen molar-refractivity contribution in [2.75, 3.05) is 18.1 Å². The quantitative estimate of drug-likeness (QED) is 0.884. The van der Waals surface area contributed by atoms with Crippen LogP contribution in [-0.2, 0) is 0 Å². The molecule has 2 rings (SSSR count). The van der Waals surface area contributed by atoms with E-state index in [4.69, 9.17) is 0 Å². The number of benzene rings is 1. The molecule has 1 unspecified atom stereocenters. The van der Waals surface area contributed by atoms with Crippen molar-refractivity contribution in [2.45, 2.75) is 44.8 Å². The van der Waals surface area contributed by atoms with Gasteiger partial charge in [-0.2, -0.15) is 0 Å². The van der Waals surface area contributed by atoms with Gasteiger partial charge in [0.1, 0.15) is 5.82 Å². The van der Waals surface area contributed by atoms with E-state index in [2.05, 4.69) is 0 Å². The first-order chi connectivity index (χ1) is 9.13. The van der Waals surface area contributed by atoms with Crippen LogP contribution >= 0.6 is 0 Å². The second-order valence-corrected chi connectivity index (χ2v) is 5.27. The van der Waals surface area contributed by atoms with Crippen LogP contribution in [0.3, 0.4) is 0 Å². The average Bonchev–Trinajstić information content (AvgIpc) is 2.63. The van der Waals surface area contributed by atoms with E-state index < -0.39 is 6.10 Å². The van der Waals surface area contributed by atoms with E-state index in [0.717, 1.165) is 32.2 Å². The third-order valence-electron chi connectivity index (χ3n) is 3.85. The van der Waals surface area contributed by atoms with Crippen molar-refractivity contribution in [3.8, 4) is 0 Å². The van der Waals surface area contributed by atoms with Gasteiger partial charge in [0.25, 0.3) is 0 Å². The van der Waals surface area contributed by atoms with Crippen molar-refractivity contribution in [1.29, 1.82) is 0 Å². The zero-order valence-corrected chi connectivity index (χ0v) is 11.3. The van der Waals surface area contributed by atoms with Crippen molar-refractivity contribution in [2.24, 2.45) is 0 Å². The molecule has 0 spiro atoms. The van der Waals surface area contributed by atoms with E-state index in [1.807, 2.05) is 4.90 Å². The number of anilines is 1. The maximum absolute atomic E-state index is 14.2. The molecule has 1 aromatic rings. The summed E-state index contributed by atoms with van der Waals surface area (Å²) in [4.78, 5) is 1.97. The molecular weight excluding hydrogens is 245 g/mol. The van der Waals surface area contributed by atoms with Gasteiger partial charge in [-0.3, -0.25) is 0 Å². The summed E-state index contributed by atoms with van der Waals surface area (Å²) in [6.45, 7) is 2.45. The fourth-order valence-corrected chi connectivity index (χ4v) is 2.70. The van der Waals surface area contributed by atoms with E-state index in [0.29, 0.717) is 11.3 Å². The second-order valence-electron chi connectivity index (χ2n) is 5.27. The van der Waals surface area contributed by atoms with Crippen LogP contribution in [0, 0.1) is 5.82 Å². The predicted molar refractivity (Wildman–Crippen MR) is 73.7 cm³/mol. The molecule has 4 heteroatoms. The zero-order valence-electron chi connectivity index (χ0n) is 11.3. The first-order valence-electron chi connectivity index (χ1n) is 6.98. The Morgan fingerprint density at radius 2 is 2.16 bits per heavy atom. The highest BCUT2D eigenvalue weighted by atomic mass is 19.1. The summed E-state index contributed by atoms with van der Waals surface area (Å²) in [6.07, 6.45) is 3.46. The number of hydrogen-bond donors (Lipinski definition) is 2. The Kier molecular flexibility index (Phi) is 4.77. The maximum Gasteiger partial charge on any atom is 0.146 e. The van der Waals surface area contributed by atoms with E-state index in [1.54, 1.807) is 19.1 Å². The minimum atomic E-state index is -0.665. The van der Waals surface area contributed by atoms with Crippen molar-refractivity contribution < 1.29 is 14.6 Å². The lowest BCUT2D eigenvalue weighted by Crippen LogP contribution is -2.38. The Bertz CT molecular complexity index is 423. The highest BCUT2D eigenvalue weighted by molar-refractivity contribution is 5.50. The SMILES string of the molecule is C[C@H](O)c1ccc(N2CCCCCC2CO)c(F)c1. The summed E-state index contributed by atoms with van der Waals surface area (Å²) in [6, 6.07) is 4.85. The maximum atomic E-state index is 14.2. The van der Waals surface area contributed by atoms with E-state index in [1.165, 1.54) is 6.07 Å². The largest absolute Gasteiger partial charge is 0.394 e. The smallest absolute Gasteiger partial charge is 0.146 e. The summed E-state index contributed by atoms with van der Waals surface area (Å²) < 4.78 is 14.2. The van der Waals surface area contributed by atoms with Gasteiger partial charge >= 0.3 is 0 Å². The van der Waals surface area contributed by atoms with Gasteiger partial charge in [0.2, 0.25) is 0 Å². The molecular formula is C15H22FNO2. The average molecular weight is 267 g/mol. The van der Waals surface area contributed by atoms with Gasteiger partial charge in [0.15, 0.2) is 0 Å². The Morgan fingerprint density at radius 1 is 1.37 bits per heavy atom. The molecule has 0 aromatic heterocycles. The highest BCUT2D eigenvalue weighted by Crippen LogP contribution is 2.28. The van der Waals surface area contributed by atoms with Crippen LogP contribution in [0.4, 0.5) is 10.1 Å². The summed E-state index contributed by atoms with van der Waals surface area (Å²) in [5, 5.41) is 18.9. The van der Waals surface area contributed by atoms with Gasteiger partial charge in [-0.15, -0.1) is 0 Å². The number of rotatable bonds is 3. The number of nitrogens with zero attached hydrogens (tertiary/aromatic N) is 1. The Hall–Kier alpha value is -1.13. The van der Waals surface area contributed by atoms with Gasteiger partial charge in [-0.1, -0.05) is 18.9 Å². The van der Waals surface area contributed by atoms with Crippen LogP contribution < -0.4 is 4.90 Å². The molecule has 0 saturated carbocycles. The zero-order chi connectivity index (χ0) is 13.8. The monoisotopic (exact) mass is 267 g/mol. The van der Waals surface area contributed by atoms with Crippen LogP contribution in [0.2, 0.25) is 0 Å². The third-order valence-corrected chi connectivity index (χ3v) is 3.85. The Morgan fingerprint density at radius 3 is 2.79 bits per heavy atom. The molecule has 1 aliphatic heterocycles. The van der Waals surface area contributed by atoms with Gasteiger partial charge in [0, 0.05) is 6.54 Å². The molecule has 3 nitrogen and oxygen atoms in total. The molecule has 2 atom stereocenters. The van der Waals surface area contributed by atoms with Crippen LogP contribution in [0.5, 0.6) is 0 Å². The molecule has 1 aromatic carbocycles. The second kappa shape index (κ2) is 6.35. The molecule has 0 bridgehead atoms. The van der Waals surface area contributed by atoms with Crippen LogP contribution in [0.25, 0.3) is 0 Å².